The fourth-order valence-electron chi connectivity index (χ4n) is 3.66. The van der Waals surface area contributed by atoms with Gasteiger partial charge in [0.15, 0.2) is 11.3 Å². The van der Waals surface area contributed by atoms with Gasteiger partial charge in [-0.2, -0.15) is 0 Å². The van der Waals surface area contributed by atoms with Gasteiger partial charge < -0.3 is 30.0 Å². The number of carboxylic acid groups (broad SMARTS) is 1. The van der Waals surface area contributed by atoms with Crippen molar-refractivity contribution in [2.75, 3.05) is 33.9 Å². The Morgan fingerprint density at radius 1 is 1.14 bits per heavy atom. The van der Waals surface area contributed by atoms with E-state index in [-0.39, 0.29) is 26.1 Å². The van der Waals surface area contributed by atoms with Gasteiger partial charge >= 0.3 is 11.9 Å². The molecule has 0 aliphatic carbocycles. The zero-order valence-electron chi connectivity index (χ0n) is 22.2. The lowest BCUT2D eigenvalue weighted by molar-refractivity contribution is -0.164. The van der Waals surface area contributed by atoms with Gasteiger partial charge in [0.1, 0.15) is 17.9 Å². The average Bonchev–Trinajstić information content (AvgIpc) is 2.80. The Bertz CT molecular complexity index is 969. The molecule has 0 bridgehead atoms. The minimum absolute atomic E-state index is 0.146. The molecular formula is C25H37N3O9. The molecule has 37 heavy (non-hydrogen) atoms. The van der Waals surface area contributed by atoms with Crippen LogP contribution >= 0.6 is 0 Å². The highest BCUT2D eigenvalue weighted by atomic mass is 16.6. The minimum Gasteiger partial charge on any atom is -0.497 e. The highest BCUT2D eigenvalue weighted by Gasteiger charge is 2.53. The molecule has 4 N–H and O–H groups in total. The van der Waals surface area contributed by atoms with Crippen molar-refractivity contribution in [1.82, 2.24) is 10.2 Å². The summed E-state index contributed by atoms with van der Waals surface area (Å²) in [6.45, 7) is 6.24. The van der Waals surface area contributed by atoms with Crippen LogP contribution in [0.5, 0.6) is 5.75 Å². The SMILES string of the molecule is CC(=O)O.COC(=O)C[C@@]1(C(=O)[C@@H](N)Cc2ccc(OC)cc2)NCCN(CC(=O)OC(C)(C)C)C1=O. The second-order valence-electron chi connectivity index (χ2n) is 9.44. The fourth-order valence-corrected chi connectivity index (χ4v) is 3.66. The molecule has 1 aromatic rings. The van der Waals surface area contributed by atoms with Crippen LogP contribution in [-0.4, -0.2) is 90.6 Å². The van der Waals surface area contributed by atoms with Crippen LogP contribution in [0.15, 0.2) is 24.3 Å². The number of piperazine rings is 1. The lowest BCUT2D eigenvalue weighted by Crippen LogP contribution is -2.72. The lowest BCUT2D eigenvalue weighted by Gasteiger charge is -2.41. The van der Waals surface area contributed by atoms with Crippen molar-refractivity contribution in [2.24, 2.45) is 5.73 Å². The highest BCUT2D eigenvalue weighted by molar-refractivity contribution is 6.15. The number of nitrogens with two attached hydrogens (primary N) is 1. The maximum Gasteiger partial charge on any atom is 0.326 e. The fraction of sp³-hybridized carbons (Fsp3) is 0.560. The summed E-state index contributed by atoms with van der Waals surface area (Å²) in [4.78, 5) is 61.6. The number of carbonyl (C=O) groups is 5. The molecule has 0 unspecified atom stereocenters. The second-order valence-corrected chi connectivity index (χ2v) is 9.44. The number of aliphatic carboxylic acids is 1. The molecule has 1 aromatic carbocycles. The normalized spacial score (nSPS) is 18.1. The first-order chi connectivity index (χ1) is 17.1. The number of esters is 2. The Morgan fingerprint density at radius 3 is 2.19 bits per heavy atom. The number of methoxy groups -OCH3 is 2. The summed E-state index contributed by atoms with van der Waals surface area (Å²) in [6, 6.07) is 5.93. The third-order valence-electron chi connectivity index (χ3n) is 5.21. The van der Waals surface area contributed by atoms with Crippen molar-refractivity contribution in [1.29, 1.82) is 0 Å². The summed E-state index contributed by atoms with van der Waals surface area (Å²) in [5, 5.41) is 10.3. The number of Topliss-reactive ketones (excluding diaryl/α,β-unsaturated/α-hetero) is 1. The van der Waals surface area contributed by atoms with E-state index in [9.17, 15) is 19.2 Å². The van der Waals surface area contributed by atoms with Crippen molar-refractivity contribution in [3.8, 4) is 5.75 Å². The maximum absolute atomic E-state index is 13.5. The summed E-state index contributed by atoms with van der Waals surface area (Å²) in [7, 11) is 2.72. The van der Waals surface area contributed by atoms with Gasteiger partial charge in [-0.05, 0) is 44.9 Å². The molecule has 12 heteroatoms. The van der Waals surface area contributed by atoms with Crippen molar-refractivity contribution in [3.63, 3.8) is 0 Å². The molecule has 2 rings (SSSR count). The summed E-state index contributed by atoms with van der Waals surface area (Å²) in [5.74, 6) is -2.90. The number of carbonyl (C=O) groups excluding carboxylic acids is 4. The van der Waals surface area contributed by atoms with Gasteiger partial charge in [-0.15, -0.1) is 0 Å². The molecule has 1 heterocycles. The summed E-state index contributed by atoms with van der Waals surface area (Å²) in [6.07, 6.45) is -0.394. The van der Waals surface area contributed by atoms with Crippen molar-refractivity contribution < 1.29 is 43.3 Å². The first-order valence-electron chi connectivity index (χ1n) is 11.6. The standard InChI is InChI=1S/C23H33N3O7.C2H4O2/c1-22(2,3)33-19(28)14-26-11-10-25-23(21(26)30,13-18(27)32-5)20(29)17(24)12-15-6-8-16(31-4)9-7-15;1-2(3)4/h6-9,17,25H,10-14,24H2,1-5H3;1H3,(H,3,4)/t17-,23-;/m0./s1. The number of ketones is 1. The number of nitrogens with one attached hydrogen (secondary N) is 1. The average molecular weight is 524 g/mol. The Kier molecular flexibility index (Phi) is 11.7. The van der Waals surface area contributed by atoms with Crippen LogP contribution in [0, 0.1) is 0 Å². The van der Waals surface area contributed by atoms with E-state index in [0.717, 1.165) is 12.5 Å². The first kappa shape index (κ1) is 31.5. The molecule has 206 valence electrons. The van der Waals surface area contributed by atoms with Crippen LogP contribution in [0.25, 0.3) is 0 Å². The summed E-state index contributed by atoms with van der Waals surface area (Å²) in [5.41, 5.74) is 4.31. The van der Waals surface area contributed by atoms with Gasteiger partial charge in [0.2, 0.25) is 0 Å². The lowest BCUT2D eigenvalue weighted by atomic mass is 9.81. The van der Waals surface area contributed by atoms with Gasteiger partial charge in [0.25, 0.3) is 11.9 Å². The minimum atomic E-state index is -1.93. The number of hydrogen-bond acceptors (Lipinski definition) is 10. The third-order valence-corrected chi connectivity index (χ3v) is 5.21. The zero-order chi connectivity index (χ0) is 28.4. The molecule has 0 aromatic heterocycles. The smallest absolute Gasteiger partial charge is 0.326 e. The topological polar surface area (TPSA) is 175 Å². The predicted molar refractivity (Wildman–Crippen MR) is 133 cm³/mol. The Morgan fingerprint density at radius 2 is 1.70 bits per heavy atom. The van der Waals surface area contributed by atoms with Crippen LogP contribution in [0.4, 0.5) is 0 Å². The van der Waals surface area contributed by atoms with E-state index >= 15 is 0 Å². The number of benzene rings is 1. The Labute approximate surface area is 216 Å². The molecule has 1 fully saturated rings. The molecule has 0 spiro atoms. The van der Waals surface area contributed by atoms with Gasteiger partial charge in [-0.25, -0.2) is 0 Å². The number of hydrogen-bond donors (Lipinski definition) is 3. The van der Waals surface area contributed by atoms with E-state index < -0.39 is 53.2 Å². The summed E-state index contributed by atoms with van der Waals surface area (Å²) < 4.78 is 15.2. The van der Waals surface area contributed by atoms with E-state index in [1.54, 1.807) is 52.1 Å². The van der Waals surface area contributed by atoms with E-state index in [1.807, 2.05) is 0 Å². The molecule has 0 radical (unpaired) electrons. The quantitative estimate of drug-likeness (QED) is 0.300. The highest BCUT2D eigenvalue weighted by Crippen LogP contribution is 2.24. The first-order valence-corrected chi connectivity index (χ1v) is 11.6. The number of carboxylic acids is 1. The second kappa shape index (κ2) is 13.7. The Hall–Kier alpha value is -3.51. The largest absolute Gasteiger partial charge is 0.497 e. The predicted octanol–water partition coefficient (Wildman–Crippen LogP) is 0.300. The van der Waals surface area contributed by atoms with Crippen molar-refractivity contribution in [3.05, 3.63) is 29.8 Å². The molecule has 1 amide bonds. The number of nitrogens with zero attached hydrogens (tertiary/aromatic N) is 1. The number of rotatable bonds is 9. The van der Waals surface area contributed by atoms with E-state index in [0.29, 0.717) is 5.75 Å². The van der Waals surface area contributed by atoms with Crippen LogP contribution in [0.3, 0.4) is 0 Å². The van der Waals surface area contributed by atoms with Crippen molar-refractivity contribution >= 4 is 29.6 Å². The number of ether oxygens (including phenoxy) is 3. The molecule has 1 aliphatic heterocycles. The van der Waals surface area contributed by atoms with Crippen molar-refractivity contribution in [2.45, 2.75) is 57.7 Å². The van der Waals surface area contributed by atoms with Crippen LogP contribution < -0.4 is 15.8 Å². The van der Waals surface area contributed by atoms with Crippen LogP contribution in [0.2, 0.25) is 0 Å². The van der Waals surface area contributed by atoms with Crippen LogP contribution in [-0.2, 0) is 39.9 Å². The molecule has 12 nitrogen and oxygen atoms in total. The molecule has 0 saturated carbocycles. The zero-order valence-corrected chi connectivity index (χ0v) is 22.2. The Balaban J connectivity index is 0.00000159. The molecule has 1 saturated heterocycles. The molecule has 1 aliphatic rings. The third kappa shape index (κ3) is 9.81. The molecule has 2 atom stereocenters. The van der Waals surface area contributed by atoms with E-state index in [4.69, 9.17) is 29.8 Å². The summed E-state index contributed by atoms with van der Waals surface area (Å²) >= 11 is 0. The van der Waals surface area contributed by atoms with Gasteiger partial charge in [0, 0.05) is 20.0 Å². The maximum atomic E-state index is 13.5. The van der Waals surface area contributed by atoms with E-state index in [1.165, 1.54) is 12.0 Å². The van der Waals surface area contributed by atoms with Crippen LogP contribution in [0.1, 0.15) is 39.7 Å². The van der Waals surface area contributed by atoms with Gasteiger partial charge in [-0.3, -0.25) is 29.3 Å². The monoisotopic (exact) mass is 523 g/mol. The van der Waals surface area contributed by atoms with Gasteiger partial charge in [-0.1, -0.05) is 12.1 Å². The number of amides is 1. The van der Waals surface area contributed by atoms with Gasteiger partial charge in [0.05, 0.1) is 26.7 Å². The van der Waals surface area contributed by atoms with E-state index in [2.05, 4.69) is 5.32 Å². The molecular weight excluding hydrogens is 486 g/mol.